The third-order valence-electron chi connectivity index (χ3n) is 1.90. The van der Waals surface area contributed by atoms with Crippen LogP contribution in [-0.2, 0) is 6.54 Å². The van der Waals surface area contributed by atoms with Gasteiger partial charge in [-0.3, -0.25) is 9.36 Å². The molecule has 2 aromatic heterocycles. The van der Waals surface area contributed by atoms with E-state index in [1.54, 1.807) is 0 Å². The molecule has 0 fully saturated rings. The lowest BCUT2D eigenvalue weighted by Gasteiger charge is -2.04. The molecule has 6 heteroatoms. The first kappa shape index (κ1) is 9.08. The first-order chi connectivity index (χ1) is 6.74. The maximum absolute atomic E-state index is 11.4. The van der Waals surface area contributed by atoms with Crippen LogP contribution in [0.1, 0.15) is 6.92 Å². The molecule has 0 bridgehead atoms. The number of aromatic nitrogens is 4. The summed E-state index contributed by atoms with van der Waals surface area (Å²) in [5, 5.41) is 0.261. The lowest BCUT2D eigenvalue weighted by Crippen LogP contribution is -2.20. The van der Waals surface area contributed by atoms with Gasteiger partial charge in [0, 0.05) is 6.54 Å². The Morgan fingerprint density at radius 3 is 2.93 bits per heavy atom. The predicted molar refractivity (Wildman–Crippen MR) is 52.3 cm³/mol. The Morgan fingerprint density at radius 2 is 2.21 bits per heavy atom. The van der Waals surface area contributed by atoms with Gasteiger partial charge < -0.3 is 0 Å². The standard InChI is InChI=1S/C8H7ClN4O/c1-2-13-5(14)3-10-6-7(9)11-4-12-8(6)13/h3-4H,2H2,1H3. The Bertz CT molecular complexity index is 536. The van der Waals surface area contributed by atoms with Gasteiger partial charge in [0.25, 0.3) is 5.56 Å². The molecular weight excluding hydrogens is 204 g/mol. The molecule has 0 aliphatic carbocycles. The van der Waals surface area contributed by atoms with Gasteiger partial charge in [-0.25, -0.2) is 15.0 Å². The molecule has 0 saturated heterocycles. The van der Waals surface area contributed by atoms with Gasteiger partial charge in [0.1, 0.15) is 11.8 Å². The Hall–Kier alpha value is -1.49. The van der Waals surface area contributed by atoms with Crippen molar-refractivity contribution in [2.75, 3.05) is 0 Å². The number of hydrogen-bond acceptors (Lipinski definition) is 4. The molecule has 0 amide bonds. The van der Waals surface area contributed by atoms with E-state index in [-0.39, 0.29) is 10.7 Å². The monoisotopic (exact) mass is 210 g/mol. The summed E-state index contributed by atoms with van der Waals surface area (Å²) in [5.41, 5.74) is 0.741. The first-order valence-corrected chi connectivity index (χ1v) is 4.48. The highest BCUT2D eigenvalue weighted by Gasteiger charge is 2.07. The Morgan fingerprint density at radius 1 is 1.43 bits per heavy atom. The second-order valence-corrected chi connectivity index (χ2v) is 3.04. The van der Waals surface area contributed by atoms with Crippen molar-refractivity contribution in [3.8, 4) is 0 Å². The van der Waals surface area contributed by atoms with E-state index < -0.39 is 0 Å². The first-order valence-electron chi connectivity index (χ1n) is 4.10. The summed E-state index contributed by atoms with van der Waals surface area (Å²) in [7, 11) is 0. The van der Waals surface area contributed by atoms with Crippen LogP contribution < -0.4 is 5.56 Å². The summed E-state index contributed by atoms with van der Waals surface area (Å²) in [5.74, 6) is 0. The lowest BCUT2D eigenvalue weighted by molar-refractivity contribution is 0.741. The normalized spacial score (nSPS) is 10.7. The van der Waals surface area contributed by atoms with Crippen LogP contribution in [0.4, 0.5) is 0 Å². The molecule has 0 aliphatic rings. The van der Waals surface area contributed by atoms with Crippen molar-refractivity contribution in [1.29, 1.82) is 0 Å². The molecule has 2 aromatic rings. The van der Waals surface area contributed by atoms with Gasteiger partial charge in [-0.15, -0.1) is 0 Å². The average molecular weight is 211 g/mol. The van der Waals surface area contributed by atoms with Crippen molar-refractivity contribution in [3.63, 3.8) is 0 Å². The molecule has 0 radical (unpaired) electrons. The molecule has 0 N–H and O–H groups in total. The van der Waals surface area contributed by atoms with Gasteiger partial charge in [-0.2, -0.15) is 0 Å². The van der Waals surface area contributed by atoms with E-state index in [2.05, 4.69) is 15.0 Å². The topological polar surface area (TPSA) is 60.7 Å². The van der Waals surface area contributed by atoms with Gasteiger partial charge >= 0.3 is 0 Å². The lowest BCUT2D eigenvalue weighted by atomic mass is 10.5. The molecule has 14 heavy (non-hydrogen) atoms. The van der Waals surface area contributed by atoms with Crippen LogP contribution >= 0.6 is 11.6 Å². The maximum atomic E-state index is 11.4. The molecule has 0 spiro atoms. The van der Waals surface area contributed by atoms with E-state index in [9.17, 15) is 4.79 Å². The number of aryl methyl sites for hydroxylation is 1. The minimum Gasteiger partial charge on any atom is -0.290 e. The van der Waals surface area contributed by atoms with Crippen molar-refractivity contribution in [2.24, 2.45) is 0 Å². The summed E-state index contributed by atoms with van der Waals surface area (Å²) in [4.78, 5) is 23.0. The summed E-state index contributed by atoms with van der Waals surface area (Å²) in [6.45, 7) is 2.39. The molecule has 2 heterocycles. The third kappa shape index (κ3) is 1.26. The van der Waals surface area contributed by atoms with Crippen LogP contribution in [0.25, 0.3) is 11.2 Å². The van der Waals surface area contributed by atoms with Gasteiger partial charge in [0.2, 0.25) is 0 Å². The zero-order valence-corrected chi connectivity index (χ0v) is 8.19. The van der Waals surface area contributed by atoms with Crippen molar-refractivity contribution in [3.05, 3.63) is 28.0 Å². The Kier molecular flexibility index (Phi) is 2.17. The highest BCUT2D eigenvalue weighted by atomic mass is 35.5. The SMILES string of the molecule is CCn1c(=O)cnc2c(Cl)ncnc21. The van der Waals surface area contributed by atoms with E-state index in [0.29, 0.717) is 17.7 Å². The fourth-order valence-electron chi connectivity index (χ4n) is 1.26. The second-order valence-electron chi connectivity index (χ2n) is 2.68. The van der Waals surface area contributed by atoms with Gasteiger partial charge in [0.05, 0.1) is 6.20 Å². The molecule has 5 nitrogen and oxygen atoms in total. The number of halogens is 1. The van der Waals surface area contributed by atoms with Crippen LogP contribution in [0.3, 0.4) is 0 Å². The van der Waals surface area contributed by atoms with Crippen LogP contribution in [0, 0.1) is 0 Å². The fraction of sp³-hybridized carbons (Fsp3) is 0.250. The molecule has 0 saturated carbocycles. The Labute approximate surface area is 84.4 Å². The zero-order valence-electron chi connectivity index (χ0n) is 7.44. The zero-order chi connectivity index (χ0) is 10.1. The number of hydrogen-bond donors (Lipinski definition) is 0. The maximum Gasteiger partial charge on any atom is 0.270 e. The second kappa shape index (κ2) is 3.34. The third-order valence-corrected chi connectivity index (χ3v) is 2.18. The van der Waals surface area contributed by atoms with Gasteiger partial charge in [-0.05, 0) is 6.92 Å². The minimum atomic E-state index is -0.185. The van der Waals surface area contributed by atoms with Crippen molar-refractivity contribution >= 4 is 22.8 Å². The minimum absolute atomic E-state index is 0.185. The summed E-state index contributed by atoms with van der Waals surface area (Å²) in [6.07, 6.45) is 2.54. The summed E-state index contributed by atoms with van der Waals surface area (Å²) >= 11 is 5.81. The number of nitrogens with zero attached hydrogens (tertiary/aromatic N) is 4. The molecule has 0 atom stereocenters. The van der Waals surface area contributed by atoms with Gasteiger partial charge in [-0.1, -0.05) is 11.6 Å². The van der Waals surface area contributed by atoms with Crippen molar-refractivity contribution in [2.45, 2.75) is 13.5 Å². The van der Waals surface area contributed by atoms with Crippen molar-refractivity contribution in [1.82, 2.24) is 19.5 Å². The number of rotatable bonds is 1. The molecular formula is C8H7ClN4O. The van der Waals surface area contributed by atoms with E-state index >= 15 is 0 Å². The molecule has 0 unspecified atom stereocenters. The smallest absolute Gasteiger partial charge is 0.270 e. The van der Waals surface area contributed by atoms with E-state index in [0.717, 1.165) is 0 Å². The van der Waals surface area contributed by atoms with Crippen LogP contribution in [-0.4, -0.2) is 19.5 Å². The fourth-order valence-corrected chi connectivity index (χ4v) is 1.43. The van der Waals surface area contributed by atoms with Crippen LogP contribution in [0.15, 0.2) is 17.3 Å². The highest BCUT2D eigenvalue weighted by molar-refractivity contribution is 6.33. The highest BCUT2D eigenvalue weighted by Crippen LogP contribution is 2.13. The van der Waals surface area contributed by atoms with Crippen LogP contribution in [0.5, 0.6) is 0 Å². The molecule has 0 aliphatic heterocycles. The van der Waals surface area contributed by atoms with E-state index in [4.69, 9.17) is 11.6 Å². The Balaban J connectivity index is 2.95. The van der Waals surface area contributed by atoms with E-state index in [1.807, 2.05) is 6.92 Å². The average Bonchev–Trinajstić information content (AvgIpc) is 2.18. The molecule has 72 valence electrons. The molecule has 2 rings (SSSR count). The predicted octanol–water partition coefficient (Wildman–Crippen LogP) is 0.860. The van der Waals surface area contributed by atoms with Gasteiger partial charge in [0.15, 0.2) is 10.8 Å². The summed E-state index contributed by atoms with van der Waals surface area (Å²) < 4.78 is 1.50. The summed E-state index contributed by atoms with van der Waals surface area (Å²) in [6, 6.07) is 0. The van der Waals surface area contributed by atoms with E-state index in [1.165, 1.54) is 17.1 Å². The van der Waals surface area contributed by atoms with Crippen molar-refractivity contribution < 1.29 is 0 Å². The quantitative estimate of drug-likeness (QED) is 0.655. The number of fused-ring (bicyclic) bond motifs is 1. The largest absolute Gasteiger partial charge is 0.290 e. The van der Waals surface area contributed by atoms with Crippen LogP contribution in [0.2, 0.25) is 5.15 Å². The molecule has 0 aromatic carbocycles.